The second-order valence-corrected chi connectivity index (χ2v) is 14.4. The molecule has 5 saturated heterocycles. The molecule has 0 aromatic heterocycles. The van der Waals surface area contributed by atoms with Crippen LogP contribution in [-0.2, 0) is 38.1 Å². The molecule has 0 radical (unpaired) electrons. The molecule has 2 spiro atoms. The molecule has 10 nitrogen and oxygen atoms in total. The van der Waals surface area contributed by atoms with Crippen molar-refractivity contribution in [3.63, 3.8) is 0 Å². The molecule has 8 aliphatic rings. The van der Waals surface area contributed by atoms with Gasteiger partial charge >= 0.3 is 11.9 Å². The van der Waals surface area contributed by atoms with Gasteiger partial charge in [-0.05, 0) is 56.4 Å². The van der Waals surface area contributed by atoms with Gasteiger partial charge in [-0.15, -0.1) is 11.6 Å². The van der Waals surface area contributed by atoms with E-state index >= 15 is 0 Å². The minimum atomic E-state index is -2.28. The van der Waals surface area contributed by atoms with E-state index in [1.807, 2.05) is 0 Å². The molecule has 39 heavy (non-hydrogen) atoms. The molecule has 13 atom stereocenters. The fourth-order valence-electron chi connectivity index (χ4n) is 10.5. The lowest BCUT2D eigenvalue weighted by atomic mass is 9.46. The third-order valence-corrected chi connectivity index (χ3v) is 13.4. The molecule has 2 saturated carbocycles. The van der Waals surface area contributed by atoms with E-state index in [0.29, 0.717) is 0 Å². The number of aliphatic hydroxyl groups excluding tert-OH is 1. The third kappa shape index (κ3) is 2.15. The van der Waals surface area contributed by atoms with Crippen molar-refractivity contribution < 1.29 is 48.3 Å². The first-order chi connectivity index (χ1) is 18.2. The summed E-state index contributed by atoms with van der Waals surface area (Å²) in [5.41, 5.74) is -8.24. The maximum atomic E-state index is 14.9. The van der Waals surface area contributed by atoms with Crippen molar-refractivity contribution in [2.24, 2.45) is 34.5 Å². The fraction of sp³-hybridized carbons (Fsp3) is 0.786. The van der Waals surface area contributed by atoms with Gasteiger partial charge in [-0.3, -0.25) is 14.4 Å². The first-order valence-electron chi connectivity index (χ1n) is 13.8. The highest BCUT2D eigenvalue weighted by atomic mass is 35.5. The highest BCUT2D eigenvalue weighted by Gasteiger charge is 2.93. The van der Waals surface area contributed by atoms with Gasteiger partial charge in [-0.2, -0.15) is 0 Å². The van der Waals surface area contributed by atoms with E-state index in [9.17, 15) is 29.4 Å². The molecule has 0 amide bonds. The summed E-state index contributed by atoms with van der Waals surface area (Å²) in [5.74, 6) is -7.85. The zero-order chi connectivity index (χ0) is 27.8. The maximum absolute atomic E-state index is 14.9. The van der Waals surface area contributed by atoms with E-state index in [2.05, 4.69) is 0 Å². The Balaban J connectivity index is 1.43. The van der Waals surface area contributed by atoms with Crippen LogP contribution >= 0.6 is 11.6 Å². The van der Waals surface area contributed by atoms with Gasteiger partial charge in [0.05, 0.1) is 34.8 Å². The Labute approximate surface area is 229 Å². The Kier molecular flexibility index (Phi) is 4.23. The fourth-order valence-corrected chi connectivity index (χ4v) is 10.9. The van der Waals surface area contributed by atoms with E-state index < -0.39 is 91.9 Å². The molecule has 2 N–H and O–H groups in total. The number of hydrogen-bond acceptors (Lipinski definition) is 10. The van der Waals surface area contributed by atoms with E-state index in [0.717, 1.165) is 0 Å². The van der Waals surface area contributed by atoms with Crippen LogP contribution in [0.25, 0.3) is 0 Å². The van der Waals surface area contributed by atoms with Crippen molar-refractivity contribution in [1.29, 1.82) is 0 Å². The number of esters is 2. The zero-order valence-electron chi connectivity index (χ0n) is 21.9. The number of aliphatic hydroxyl groups is 2. The predicted molar refractivity (Wildman–Crippen MR) is 129 cm³/mol. The summed E-state index contributed by atoms with van der Waals surface area (Å²) in [7, 11) is 0. The number of carbonyl (C=O) groups excluding carboxylic acids is 4. The van der Waals surface area contributed by atoms with E-state index in [1.165, 1.54) is 6.08 Å². The Bertz CT molecular complexity index is 1330. The first-order valence-corrected chi connectivity index (χ1v) is 14.2. The van der Waals surface area contributed by atoms with Crippen LogP contribution in [0.5, 0.6) is 0 Å². The molecule has 0 aromatic carbocycles. The summed E-state index contributed by atoms with van der Waals surface area (Å²) in [5, 5.41) is 24.0. The van der Waals surface area contributed by atoms with Crippen LogP contribution in [-0.4, -0.2) is 80.0 Å². The number of hydrogen-bond donors (Lipinski definition) is 2. The molecule has 8 rings (SSSR count). The number of carbonyl (C=O) groups is 4. The van der Waals surface area contributed by atoms with Crippen LogP contribution < -0.4 is 0 Å². The summed E-state index contributed by atoms with van der Waals surface area (Å²) in [6, 6.07) is 0. The minimum absolute atomic E-state index is 0.00137. The standard InChI is InChI=1S/C28H31ClO10/c1-22-10-17-24(3)28-18(22)19(32)27(39-28,36-11-14(22)20(33)37-17)13-9-16(31)25(29)7-4-5-15(30)23(25,2)12(13)6-8-26(28,35)21(34)38-24/h4-5,12-14,16-18,31,35H,6-11H2,1-3H3/t12-,13+,14-,16+,17+,18+,22+,23-,24-,25-,26+,27+,28-/m0/s1. The van der Waals surface area contributed by atoms with Gasteiger partial charge in [-0.1, -0.05) is 19.9 Å². The van der Waals surface area contributed by atoms with Crippen LogP contribution in [0.1, 0.15) is 52.9 Å². The van der Waals surface area contributed by atoms with Crippen LogP contribution in [0.3, 0.4) is 0 Å². The normalized spacial score (nSPS) is 62.0. The minimum Gasteiger partial charge on any atom is -0.458 e. The highest BCUT2D eigenvalue weighted by Crippen LogP contribution is 2.75. The van der Waals surface area contributed by atoms with Crippen molar-refractivity contribution in [1.82, 2.24) is 0 Å². The lowest BCUT2D eigenvalue weighted by Crippen LogP contribution is -2.79. The Morgan fingerprint density at radius 3 is 2.59 bits per heavy atom. The number of allylic oxidation sites excluding steroid dienone is 2. The molecule has 210 valence electrons. The number of halogens is 1. The second-order valence-electron chi connectivity index (χ2n) is 13.7. The molecular weight excluding hydrogens is 532 g/mol. The summed E-state index contributed by atoms with van der Waals surface area (Å²) in [4.78, 5) is 54.3. The van der Waals surface area contributed by atoms with E-state index in [-0.39, 0.29) is 44.5 Å². The second kappa shape index (κ2) is 6.62. The van der Waals surface area contributed by atoms with Crippen LogP contribution in [0.15, 0.2) is 12.2 Å². The molecule has 3 aliphatic carbocycles. The van der Waals surface area contributed by atoms with E-state index in [1.54, 1.807) is 26.8 Å². The van der Waals surface area contributed by atoms with Crippen molar-refractivity contribution in [3.05, 3.63) is 12.2 Å². The molecular formula is C28H31ClO10. The number of Topliss-reactive ketones (excluding diaryl/α,β-unsaturated/α-hetero) is 1. The Hall–Kier alpha value is -1.85. The molecule has 0 aromatic rings. The lowest BCUT2D eigenvalue weighted by molar-refractivity contribution is -0.378. The summed E-state index contributed by atoms with van der Waals surface area (Å²) in [6.07, 6.45) is 1.39. The van der Waals surface area contributed by atoms with Gasteiger partial charge < -0.3 is 29.2 Å². The van der Waals surface area contributed by atoms with Crippen LogP contribution in [0, 0.1) is 34.5 Å². The van der Waals surface area contributed by atoms with Gasteiger partial charge in [0.1, 0.15) is 6.10 Å². The van der Waals surface area contributed by atoms with Crippen LogP contribution in [0.2, 0.25) is 0 Å². The van der Waals surface area contributed by atoms with Gasteiger partial charge in [0.2, 0.25) is 5.79 Å². The van der Waals surface area contributed by atoms with Crippen molar-refractivity contribution in [3.8, 4) is 0 Å². The number of ketones is 2. The predicted octanol–water partition coefficient (Wildman–Crippen LogP) is 0.969. The van der Waals surface area contributed by atoms with Gasteiger partial charge in [-0.25, -0.2) is 4.79 Å². The monoisotopic (exact) mass is 562 g/mol. The van der Waals surface area contributed by atoms with E-state index in [4.69, 9.17) is 30.5 Å². The average molecular weight is 563 g/mol. The lowest BCUT2D eigenvalue weighted by Gasteiger charge is -2.64. The number of rotatable bonds is 0. The summed E-state index contributed by atoms with van der Waals surface area (Å²) < 4.78 is 25.0. The quantitative estimate of drug-likeness (QED) is 0.323. The highest BCUT2D eigenvalue weighted by molar-refractivity contribution is 6.28. The number of alkyl halides is 1. The zero-order valence-corrected chi connectivity index (χ0v) is 22.7. The topological polar surface area (TPSA) is 146 Å². The molecule has 5 bridgehead atoms. The molecule has 11 heteroatoms. The molecule has 7 fully saturated rings. The summed E-state index contributed by atoms with van der Waals surface area (Å²) >= 11 is 7.12. The first kappa shape index (κ1) is 24.9. The van der Waals surface area contributed by atoms with Crippen LogP contribution in [0.4, 0.5) is 0 Å². The largest absolute Gasteiger partial charge is 0.458 e. The van der Waals surface area contributed by atoms with Crippen molar-refractivity contribution in [2.75, 3.05) is 6.61 Å². The number of ether oxygens (including phenoxy) is 4. The van der Waals surface area contributed by atoms with Crippen molar-refractivity contribution in [2.45, 2.75) is 92.5 Å². The summed E-state index contributed by atoms with van der Waals surface area (Å²) in [6.45, 7) is 4.87. The van der Waals surface area contributed by atoms with Crippen molar-refractivity contribution >= 4 is 35.1 Å². The Morgan fingerprint density at radius 1 is 1.10 bits per heavy atom. The molecule has 5 aliphatic heterocycles. The Morgan fingerprint density at radius 2 is 1.85 bits per heavy atom. The SMILES string of the molecule is C[C@@]12C[C@H]3OC(=O)[C@@H]1CO[C@]14O[C@]5([C@@H]2C1=O)[C@@](O)(CC[C@H]1[C@H]4C[C@@H](O)[C@@]2(Cl)CC=CC(=O)[C@]12C)C(=O)O[C@@]35C. The van der Waals surface area contributed by atoms with Gasteiger partial charge in [0.15, 0.2) is 28.4 Å². The average Bonchev–Trinajstić information content (AvgIpc) is 3.19. The maximum Gasteiger partial charge on any atom is 0.342 e. The molecule has 0 unspecified atom stereocenters. The number of fused-ring (bicyclic) bond motifs is 5. The third-order valence-electron chi connectivity index (χ3n) is 12.6. The van der Waals surface area contributed by atoms with Gasteiger partial charge in [0.25, 0.3) is 0 Å². The smallest absolute Gasteiger partial charge is 0.342 e. The molecule has 5 heterocycles. The van der Waals surface area contributed by atoms with Gasteiger partial charge in [0, 0.05) is 5.92 Å².